The molecule has 0 spiro atoms. The van der Waals surface area contributed by atoms with Gasteiger partial charge >= 0.3 is 0 Å². The number of benzene rings is 1. The summed E-state index contributed by atoms with van der Waals surface area (Å²) in [5, 5.41) is 15.2. The molecular formula is C21H29N7. The molecule has 3 rings (SSSR count). The van der Waals surface area contributed by atoms with Crippen LogP contribution in [0.4, 0.5) is 0 Å². The Kier molecular flexibility index (Phi) is 6.97. The lowest BCUT2D eigenvalue weighted by Crippen LogP contribution is -2.46. The fourth-order valence-electron chi connectivity index (χ4n) is 3.03. The average molecular weight is 380 g/mol. The molecular weight excluding hydrogens is 350 g/mol. The number of aliphatic imine (C=N–C) groups is 1. The van der Waals surface area contributed by atoms with Gasteiger partial charge in [-0.3, -0.25) is 4.40 Å². The lowest BCUT2D eigenvalue weighted by atomic mass is 10.1. The molecule has 1 unspecified atom stereocenters. The molecule has 7 nitrogen and oxygen atoms in total. The number of fused-ring (bicyclic) bond motifs is 1. The van der Waals surface area contributed by atoms with E-state index in [-0.39, 0.29) is 0 Å². The summed E-state index contributed by atoms with van der Waals surface area (Å²) in [6.45, 7) is 4.13. The first kappa shape index (κ1) is 19.8. The first-order valence-electron chi connectivity index (χ1n) is 9.68. The van der Waals surface area contributed by atoms with E-state index in [0.717, 1.165) is 36.9 Å². The Morgan fingerprint density at radius 2 is 1.86 bits per heavy atom. The van der Waals surface area contributed by atoms with E-state index in [4.69, 9.17) is 4.99 Å². The van der Waals surface area contributed by atoms with Crippen molar-refractivity contribution in [1.29, 1.82) is 0 Å². The van der Waals surface area contributed by atoms with Crippen LogP contribution in [-0.4, -0.2) is 58.7 Å². The SMILES string of the molecule is CCNC(=NCc1nnc2ccccn12)NCC(Cc1ccccc1)N(C)C. The van der Waals surface area contributed by atoms with Gasteiger partial charge in [-0.25, -0.2) is 4.99 Å². The Morgan fingerprint density at radius 1 is 1.07 bits per heavy atom. The van der Waals surface area contributed by atoms with Crippen molar-refractivity contribution in [3.05, 3.63) is 66.1 Å². The van der Waals surface area contributed by atoms with Gasteiger partial charge in [0.1, 0.15) is 6.54 Å². The standard InChI is InChI=1S/C21H29N7/c1-4-22-21(24-16-20-26-25-19-12-8-9-13-28(19)20)23-15-18(27(2)3)14-17-10-6-5-7-11-17/h5-13,18H,4,14-16H2,1-3H3,(H2,22,23,24). The molecule has 2 heterocycles. The summed E-state index contributed by atoms with van der Waals surface area (Å²) in [6, 6.07) is 16.8. The van der Waals surface area contributed by atoms with Gasteiger partial charge in [-0.15, -0.1) is 10.2 Å². The predicted molar refractivity (Wildman–Crippen MR) is 113 cm³/mol. The van der Waals surface area contributed by atoms with Gasteiger partial charge in [-0.05, 0) is 45.1 Å². The number of pyridine rings is 1. The first-order valence-corrected chi connectivity index (χ1v) is 9.68. The third kappa shape index (κ3) is 5.29. The summed E-state index contributed by atoms with van der Waals surface area (Å²) in [7, 11) is 4.23. The molecule has 0 fully saturated rings. The second kappa shape index (κ2) is 9.85. The second-order valence-corrected chi connectivity index (χ2v) is 6.93. The van der Waals surface area contributed by atoms with E-state index in [1.807, 2.05) is 28.8 Å². The molecule has 0 bridgehead atoms. The maximum atomic E-state index is 4.70. The number of hydrogen-bond acceptors (Lipinski definition) is 4. The molecule has 0 aliphatic carbocycles. The van der Waals surface area contributed by atoms with E-state index < -0.39 is 0 Å². The molecule has 0 aliphatic rings. The van der Waals surface area contributed by atoms with Crippen LogP contribution in [0.25, 0.3) is 5.65 Å². The third-order valence-electron chi connectivity index (χ3n) is 4.66. The van der Waals surface area contributed by atoms with Crippen LogP contribution in [0.1, 0.15) is 18.3 Å². The highest BCUT2D eigenvalue weighted by Crippen LogP contribution is 2.07. The van der Waals surface area contributed by atoms with Crippen LogP contribution < -0.4 is 10.6 Å². The van der Waals surface area contributed by atoms with Crippen molar-refractivity contribution in [3.63, 3.8) is 0 Å². The summed E-state index contributed by atoms with van der Waals surface area (Å²) in [5.41, 5.74) is 2.17. The molecule has 2 aromatic heterocycles. The van der Waals surface area contributed by atoms with Gasteiger partial charge in [0.25, 0.3) is 0 Å². The highest BCUT2D eigenvalue weighted by Gasteiger charge is 2.13. The topological polar surface area (TPSA) is 69.8 Å². The van der Waals surface area contributed by atoms with E-state index >= 15 is 0 Å². The summed E-state index contributed by atoms with van der Waals surface area (Å²) in [5.74, 6) is 1.61. The fraction of sp³-hybridized carbons (Fsp3) is 0.381. The molecule has 3 aromatic rings. The summed E-state index contributed by atoms with van der Waals surface area (Å²) in [6.07, 6.45) is 2.94. The van der Waals surface area contributed by atoms with E-state index in [9.17, 15) is 0 Å². The monoisotopic (exact) mass is 379 g/mol. The van der Waals surface area contributed by atoms with Crippen molar-refractivity contribution in [2.75, 3.05) is 27.2 Å². The second-order valence-electron chi connectivity index (χ2n) is 6.93. The summed E-state index contributed by atoms with van der Waals surface area (Å²) < 4.78 is 1.96. The molecule has 0 aliphatic heterocycles. The van der Waals surface area contributed by atoms with Crippen LogP contribution >= 0.6 is 0 Å². The molecule has 148 valence electrons. The van der Waals surface area contributed by atoms with Crippen LogP contribution in [0.2, 0.25) is 0 Å². The maximum absolute atomic E-state index is 4.70. The first-order chi connectivity index (χ1) is 13.7. The molecule has 0 radical (unpaired) electrons. The Bertz CT molecular complexity index is 886. The molecule has 7 heteroatoms. The smallest absolute Gasteiger partial charge is 0.191 e. The number of aromatic nitrogens is 3. The van der Waals surface area contributed by atoms with Crippen LogP contribution in [0.15, 0.2) is 59.7 Å². The Hall–Kier alpha value is -2.93. The fourth-order valence-corrected chi connectivity index (χ4v) is 3.03. The minimum Gasteiger partial charge on any atom is -0.357 e. The van der Waals surface area contributed by atoms with Gasteiger partial charge in [0.15, 0.2) is 17.4 Å². The minimum absolute atomic E-state index is 0.361. The van der Waals surface area contributed by atoms with Crippen molar-refractivity contribution in [2.24, 2.45) is 4.99 Å². The average Bonchev–Trinajstić information content (AvgIpc) is 3.13. The zero-order chi connectivity index (χ0) is 19.8. The molecule has 2 N–H and O–H groups in total. The molecule has 0 amide bonds. The number of hydrogen-bond donors (Lipinski definition) is 2. The van der Waals surface area contributed by atoms with Crippen molar-refractivity contribution >= 4 is 11.6 Å². The van der Waals surface area contributed by atoms with E-state index in [1.165, 1.54) is 5.56 Å². The van der Waals surface area contributed by atoms with Crippen LogP contribution in [-0.2, 0) is 13.0 Å². The molecule has 0 saturated carbocycles. The van der Waals surface area contributed by atoms with E-state index in [2.05, 4.69) is 77.1 Å². The van der Waals surface area contributed by atoms with Crippen LogP contribution in [0.3, 0.4) is 0 Å². The predicted octanol–water partition coefficient (Wildman–Crippen LogP) is 1.96. The van der Waals surface area contributed by atoms with E-state index in [1.54, 1.807) is 0 Å². The number of rotatable bonds is 8. The largest absolute Gasteiger partial charge is 0.357 e. The number of guanidine groups is 1. The summed E-state index contributed by atoms with van der Waals surface area (Å²) in [4.78, 5) is 6.94. The minimum atomic E-state index is 0.361. The van der Waals surface area contributed by atoms with Gasteiger partial charge < -0.3 is 15.5 Å². The zero-order valence-electron chi connectivity index (χ0n) is 16.8. The lowest BCUT2D eigenvalue weighted by molar-refractivity contribution is 0.290. The van der Waals surface area contributed by atoms with Crippen LogP contribution in [0, 0.1) is 0 Å². The zero-order valence-corrected chi connectivity index (χ0v) is 16.8. The van der Waals surface area contributed by atoms with Gasteiger partial charge in [0.2, 0.25) is 0 Å². The summed E-state index contributed by atoms with van der Waals surface area (Å²) >= 11 is 0. The highest BCUT2D eigenvalue weighted by molar-refractivity contribution is 5.79. The Balaban J connectivity index is 1.64. The maximum Gasteiger partial charge on any atom is 0.191 e. The number of nitrogens with zero attached hydrogens (tertiary/aromatic N) is 5. The third-order valence-corrected chi connectivity index (χ3v) is 4.66. The number of nitrogens with one attached hydrogen (secondary N) is 2. The van der Waals surface area contributed by atoms with Crippen molar-refractivity contribution < 1.29 is 0 Å². The van der Waals surface area contributed by atoms with Gasteiger partial charge in [0.05, 0.1) is 0 Å². The molecule has 1 aromatic carbocycles. The Labute approximate surface area is 166 Å². The van der Waals surface area contributed by atoms with Gasteiger partial charge in [-0.1, -0.05) is 36.4 Å². The number of likely N-dealkylation sites (N-methyl/N-ethyl adjacent to an activating group) is 1. The Morgan fingerprint density at radius 3 is 2.61 bits per heavy atom. The molecule has 1 atom stereocenters. The van der Waals surface area contributed by atoms with Crippen molar-refractivity contribution in [2.45, 2.75) is 25.9 Å². The lowest BCUT2D eigenvalue weighted by Gasteiger charge is -2.25. The quantitative estimate of drug-likeness (QED) is 0.463. The normalized spacial score (nSPS) is 13.1. The van der Waals surface area contributed by atoms with Crippen molar-refractivity contribution in [3.8, 4) is 0 Å². The molecule has 0 saturated heterocycles. The van der Waals surface area contributed by atoms with Gasteiger partial charge in [0, 0.05) is 25.3 Å². The van der Waals surface area contributed by atoms with E-state index in [0.29, 0.717) is 12.6 Å². The highest BCUT2D eigenvalue weighted by atomic mass is 15.3. The van der Waals surface area contributed by atoms with Crippen LogP contribution in [0.5, 0.6) is 0 Å². The molecule has 28 heavy (non-hydrogen) atoms. The van der Waals surface area contributed by atoms with Crippen molar-refractivity contribution in [1.82, 2.24) is 30.1 Å². The van der Waals surface area contributed by atoms with Gasteiger partial charge in [-0.2, -0.15) is 0 Å².